The molecule has 2 aromatic rings. The molecular weight excluding hydrogens is 232 g/mol. The third-order valence-corrected chi connectivity index (χ3v) is 4.45. The summed E-state index contributed by atoms with van der Waals surface area (Å²) in [5.41, 5.74) is 0. The molecule has 14 heavy (non-hydrogen) atoms. The molecule has 0 amide bonds. The average molecular weight is 242 g/mol. The van der Waals surface area contributed by atoms with E-state index in [1.807, 2.05) is 12.1 Å². The highest BCUT2D eigenvalue weighted by atomic mass is 32.2. The van der Waals surface area contributed by atoms with E-state index in [-0.39, 0.29) is 0 Å². The molecule has 2 rings (SSSR count). The van der Waals surface area contributed by atoms with Crippen LogP contribution < -0.4 is 4.74 Å². The quantitative estimate of drug-likeness (QED) is 0.631. The molecule has 0 spiro atoms. The van der Waals surface area contributed by atoms with Crippen LogP contribution in [0.15, 0.2) is 28.0 Å². The molecule has 4 heteroatoms. The summed E-state index contributed by atoms with van der Waals surface area (Å²) in [7, 11) is 1.70. The minimum Gasteiger partial charge on any atom is -0.487 e. The minimum absolute atomic E-state index is 0.941. The van der Waals surface area contributed by atoms with Crippen LogP contribution in [0.5, 0.6) is 5.06 Å². The maximum Gasteiger partial charge on any atom is 0.174 e. The number of ether oxygens (including phenoxy) is 1. The Morgan fingerprint density at radius 3 is 2.86 bits per heavy atom. The van der Waals surface area contributed by atoms with Crippen molar-refractivity contribution in [3.63, 3.8) is 0 Å². The van der Waals surface area contributed by atoms with Gasteiger partial charge in [-0.05, 0) is 18.4 Å². The monoisotopic (exact) mass is 242 g/mol. The third kappa shape index (κ3) is 1.62. The van der Waals surface area contributed by atoms with E-state index in [9.17, 15) is 0 Å². The average Bonchev–Trinajstić information content (AvgIpc) is 2.63. The van der Waals surface area contributed by atoms with Gasteiger partial charge in [0.05, 0.1) is 11.8 Å². The van der Waals surface area contributed by atoms with E-state index < -0.39 is 0 Å². The standard InChI is InChI=1S/C10H10OS3/c1-11-9-5-6-7(12)3-4-8(13-2)10(6)14-9/h3-5,12H,1-2H3. The molecule has 0 saturated heterocycles. The van der Waals surface area contributed by atoms with Crippen molar-refractivity contribution < 1.29 is 4.74 Å². The van der Waals surface area contributed by atoms with Gasteiger partial charge in [-0.1, -0.05) is 11.3 Å². The first kappa shape index (κ1) is 10.2. The zero-order valence-electron chi connectivity index (χ0n) is 7.90. The molecule has 0 aliphatic rings. The first-order valence-corrected chi connectivity index (χ1v) is 6.58. The van der Waals surface area contributed by atoms with Crippen LogP contribution in [0.4, 0.5) is 0 Å². The predicted octanol–water partition coefficient (Wildman–Crippen LogP) is 3.92. The molecule has 1 heterocycles. The number of rotatable bonds is 2. The lowest BCUT2D eigenvalue weighted by Gasteiger charge is -1.99. The van der Waals surface area contributed by atoms with Gasteiger partial charge in [0.15, 0.2) is 5.06 Å². The van der Waals surface area contributed by atoms with Crippen molar-refractivity contribution >= 4 is 45.8 Å². The summed E-state index contributed by atoms with van der Waals surface area (Å²) in [6.45, 7) is 0. The van der Waals surface area contributed by atoms with Crippen molar-refractivity contribution in [1.82, 2.24) is 0 Å². The molecular formula is C10H10OS3. The van der Waals surface area contributed by atoms with Crippen molar-refractivity contribution in [3.8, 4) is 5.06 Å². The summed E-state index contributed by atoms with van der Waals surface area (Å²) >= 11 is 7.85. The fourth-order valence-corrected chi connectivity index (χ4v) is 3.43. The summed E-state index contributed by atoms with van der Waals surface area (Å²) in [5, 5.41) is 2.12. The Morgan fingerprint density at radius 1 is 1.43 bits per heavy atom. The zero-order chi connectivity index (χ0) is 10.1. The Morgan fingerprint density at radius 2 is 2.21 bits per heavy atom. The molecule has 0 radical (unpaired) electrons. The number of thiophene rings is 1. The lowest BCUT2D eigenvalue weighted by Crippen LogP contribution is -1.73. The Labute approximate surface area is 96.9 Å². The molecule has 0 N–H and O–H groups in total. The fraction of sp³-hybridized carbons (Fsp3) is 0.200. The van der Waals surface area contributed by atoms with Crippen molar-refractivity contribution in [2.45, 2.75) is 9.79 Å². The lowest BCUT2D eigenvalue weighted by atomic mass is 10.2. The van der Waals surface area contributed by atoms with Crippen LogP contribution in [-0.2, 0) is 0 Å². The highest BCUT2D eigenvalue weighted by Gasteiger charge is 2.08. The molecule has 0 aliphatic carbocycles. The number of benzene rings is 1. The Kier molecular flexibility index (Phi) is 2.95. The van der Waals surface area contributed by atoms with Crippen molar-refractivity contribution in [2.75, 3.05) is 13.4 Å². The molecule has 0 bridgehead atoms. The second-order valence-electron chi connectivity index (χ2n) is 2.80. The normalized spacial score (nSPS) is 10.8. The van der Waals surface area contributed by atoms with Crippen LogP contribution in [0.1, 0.15) is 0 Å². The molecule has 1 nitrogen and oxygen atoms in total. The molecule has 0 atom stereocenters. The van der Waals surface area contributed by atoms with Crippen LogP contribution in [-0.4, -0.2) is 13.4 Å². The molecule has 0 aliphatic heterocycles. The Bertz CT molecular complexity index is 462. The summed E-state index contributed by atoms with van der Waals surface area (Å²) in [4.78, 5) is 2.29. The van der Waals surface area contributed by atoms with E-state index in [0.717, 1.165) is 9.96 Å². The first-order valence-electron chi connectivity index (χ1n) is 4.09. The second-order valence-corrected chi connectivity index (χ2v) is 5.14. The second kappa shape index (κ2) is 4.04. The number of methoxy groups -OCH3 is 1. The topological polar surface area (TPSA) is 9.23 Å². The van der Waals surface area contributed by atoms with E-state index in [1.165, 1.54) is 15.0 Å². The summed E-state index contributed by atoms with van der Waals surface area (Å²) in [5.74, 6) is 0. The van der Waals surface area contributed by atoms with Crippen LogP contribution in [0.25, 0.3) is 10.1 Å². The molecule has 0 unspecified atom stereocenters. The summed E-state index contributed by atoms with van der Waals surface area (Å²) in [6.07, 6.45) is 2.08. The van der Waals surface area contributed by atoms with Gasteiger partial charge >= 0.3 is 0 Å². The first-order chi connectivity index (χ1) is 6.76. The smallest absolute Gasteiger partial charge is 0.174 e. The minimum atomic E-state index is 0.941. The maximum absolute atomic E-state index is 5.23. The van der Waals surface area contributed by atoms with Gasteiger partial charge in [0.2, 0.25) is 0 Å². The van der Waals surface area contributed by atoms with Crippen molar-refractivity contribution in [3.05, 3.63) is 18.2 Å². The predicted molar refractivity (Wildman–Crippen MR) is 67.4 cm³/mol. The Balaban J connectivity index is 2.74. The van der Waals surface area contributed by atoms with E-state index in [0.29, 0.717) is 0 Å². The summed E-state index contributed by atoms with van der Waals surface area (Å²) < 4.78 is 6.49. The maximum atomic E-state index is 5.23. The number of hydrogen-bond acceptors (Lipinski definition) is 4. The number of hydrogen-bond donors (Lipinski definition) is 1. The Hall–Kier alpha value is -0.320. The number of fused-ring (bicyclic) bond motifs is 1. The van der Waals surface area contributed by atoms with Gasteiger partial charge in [0, 0.05) is 21.2 Å². The van der Waals surface area contributed by atoms with Crippen LogP contribution in [0.2, 0.25) is 0 Å². The van der Waals surface area contributed by atoms with Crippen LogP contribution in [0, 0.1) is 0 Å². The van der Waals surface area contributed by atoms with Gasteiger partial charge in [0.1, 0.15) is 0 Å². The summed E-state index contributed by atoms with van der Waals surface area (Å²) in [6, 6.07) is 6.18. The molecule has 0 saturated carbocycles. The van der Waals surface area contributed by atoms with Gasteiger partial charge in [-0.3, -0.25) is 0 Å². The van der Waals surface area contributed by atoms with Crippen LogP contribution >= 0.6 is 35.7 Å². The molecule has 1 aromatic heterocycles. The fourth-order valence-electron chi connectivity index (χ4n) is 1.32. The number of thioether (sulfide) groups is 1. The third-order valence-electron chi connectivity index (χ3n) is 2.02. The number of thiol groups is 1. The van der Waals surface area contributed by atoms with E-state index >= 15 is 0 Å². The van der Waals surface area contributed by atoms with Gasteiger partial charge in [-0.2, -0.15) is 0 Å². The largest absolute Gasteiger partial charge is 0.487 e. The van der Waals surface area contributed by atoms with E-state index in [1.54, 1.807) is 30.2 Å². The van der Waals surface area contributed by atoms with E-state index in [2.05, 4.69) is 25.0 Å². The highest BCUT2D eigenvalue weighted by Crippen LogP contribution is 2.40. The molecule has 0 fully saturated rings. The molecule has 1 aromatic carbocycles. The van der Waals surface area contributed by atoms with E-state index in [4.69, 9.17) is 4.74 Å². The van der Waals surface area contributed by atoms with Gasteiger partial charge < -0.3 is 4.74 Å². The van der Waals surface area contributed by atoms with Gasteiger partial charge in [-0.15, -0.1) is 24.4 Å². The van der Waals surface area contributed by atoms with Crippen LogP contribution in [0.3, 0.4) is 0 Å². The lowest BCUT2D eigenvalue weighted by molar-refractivity contribution is 0.427. The van der Waals surface area contributed by atoms with Gasteiger partial charge in [-0.25, -0.2) is 0 Å². The zero-order valence-corrected chi connectivity index (χ0v) is 10.4. The SMILES string of the molecule is COc1cc2c(S)ccc(SC)c2s1. The van der Waals surface area contributed by atoms with Crippen molar-refractivity contribution in [1.29, 1.82) is 0 Å². The van der Waals surface area contributed by atoms with Gasteiger partial charge in [0.25, 0.3) is 0 Å². The highest BCUT2D eigenvalue weighted by molar-refractivity contribution is 7.99. The van der Waals surface area contributed by atoms with Crippen molar-refractivity contribution in [2.24, 2.45) is 0 Å². The molecule has 74 valence electrons.